The number of nitrogens with zero attached hydrogens (tertiary/aromatic N) is 4. The summed E-state index contributed by atoms with van der Waals surface area (Å²) in [5.41, 5.74) is 3.51. The maximum absolute atomic E-state index is 9.02. The van der Waals surface area contributed by atoms with Crippen LogP contribution in [0.2, 0.25) is 5.02 Å². The zero-order valence-corrected chi connectivity index (χ0v) is 11.6. The molecule has 3 aromatic rings. The Hall–Kier alpha value is -2.38. The number of pyridine rings is 1. The summed E-state index contributed by atoms with van der Waals surface area (Å²) in [5, 5.41) is 9.55. The fraction of sp³-hybridized carbons (Fsp3) is 0.133. The van der Waals surface area contributed by atoms with E-state index in [-0.39, 0.29) is 6.54 Å². The van der Waals surface area contributed by atoms with Gasteiger partial charge in [0, 0.05) is 11.8 Å². The number of fused-ring (bicyclic) bond motifs is 1. The van der Waals surface area contributed by atoms with Gasteiger partial charge in [0.25, 0.3) is 0 Å². The van der Waals surface area contributed by atoms with Crippen molar-refractivity contribution in [3.63, 3.8) is 0 Å². The molecule has 0 bridgehead atoms. The number of rotatable bonds is 2. The smallest absolute Gasteiger partial charge is 0.161 e. The lowest BCUT2D eigenvalue weighted by molar-refractivity contribution is 0.858. The molecular formula is C15H11ClN4. The average Bonchev–Trinajstić information content (AvgIpc) is 2.78. The Kier molecular flexibility index (Phi) is 3.13. The Morgan fingerprint density at radius 1 is 1.30 bits per heavy atom. The van der Waals surface area contributed by atoms with Crippen molar-refractivity contribution >= 4 is 22.8 Å². The van der Waals surface area contributed by atoms with Crippen LogP contribution < -0.4 is 0 Å². The first kappa shape index (κ1) is 12.6. The third kappa shape index (κ3) is 2.13. The Morgan fingerprint density at radius 3 is 2.75 bits per heavy atom. The molecule has 3 rings (SSSR count). The Balaban J connectivity index is 2.26. The topological polar surface area (TPSA) is 54.5 Å². The minimum Gasteiger partial charge on any atom is -0.295 e. The first-order valence-electron chi connectivity index (χ1n) is 6.15. The maximum atomic E-state index is 9.02. The van der Waals surface area contributed by atoms with E-state index >= 15 is 0 Å². The number of aryl methyl sites for hydroxylation is 1. The van der Waals surface area contributed by atoms with Crippen LogP contribution in [0.15, 0.2) is 36.5 Å². The van der Waals surface area contributed by atoms with Gasteiger partial charge in [-0.05, 0) is 13.0 Å². The molecule has 0 spiro atoms. The van der Waals surface area contributed by atoms with Gasteiger partial charge in [0.1, 0.15) is 17.9 Å². The summed E-state index contributed by atoms with van der Waals surface area (Å²) in [7, 11) is 0. The number of halogens is 1. The molecule has 1 aromatic carbocycles. The summed E-state index contributed by atoms with van der Waals surface area (Å²) < 4.78 is 1.80. The number of hydrogen-bond donors (Lipinski definition) is 0. The second-order valence-corrected chi connectivity index (χ2v) is 4.98. The second kappa shape index (κ2) is 4.95. The van der Waals surface area contributed by atoms with Crippen LogP contribution in [0.25, 0.3) is 22.6 Å². The Morgan fingerprint density at radius 2 is 2.05 bits per heavy atom. The molecule has 0 fully saturated rings. The van der Waals surface area contributed by atoms with E-state index < -0.39 is 0 Å². The summed E-state index contributed by atoms with van der Waals surface area (Å²) >= 11 is 5.95. The van der Waals surface area contributed by atoms with Crippen LogP contribution in [0, 0.1) is 18.3 Å². The Bertz CT molecular complexity index is 812. The molecule has 0 saturated carbocycles. The summed E-state index contributed by atoms with van der Waals surface area (Å²) in [4.78, 5) is 8.84. The molecule has 0 aliphatic heterocycles. The summed E-state index contributed by atoms with van der Waals surface area (Å²) in [5.74, 6) is 0.733. The van der Waals surface area contributed by atoms with Crippen LogP contribution in [-0.4, -0.2) is 14.5 Å². The molecule has 2 aromatic heterocycles. The van der Waals surface area contributed by atoms with E-state index in [4.69, 9.17) is 16.9 Å². The zero-order chi connectivity index (χ0) is 14.1. The molecule has 5 heteroatoms. The number of hydrogen-bond acceptors (Lipinski definition) is 3. The van der Waals surface area contributed by atoms with Crippen LogP contribution in [0.1, 0.15) is 5.56 Å². The standard InChI is InChI=1S/C15H11ClN4/c1-10-2-4-11(5-3-10)14-19-13-8-12(16)9-18-15(13)20(14)7-6-17/h2-5,8-9H,7H2,1H3. The highest BCUT2D eigenvalue weighted by atomic mass is 35.5. The van der Waals surface area contributed by atoms with Crippen molar-refractivity contribution < 1.29 is 0 Å². The first-order chi connectivity index (χ1) is 9.69. The molecule has 98 valence electrons. The van der Waals surface area contributed by atoms with Gasteiger partial charge in [0.2, 0.25) is 0 Å². The van der Waals surface area contributed by atoms with Crippen LogP contribution in [0.5, 0.6) is 0 Å². The van der Waals surface area contributed by atoms with Gasteiger partial charge in [0.05, 0.1) is 11.1 Å². The predicted octanol–water partition coefficient (Wildman–Crippen LogP) is 3.58. The number of nitriles is 1. The highest BCUT2D eigenvalue weighted by Gasteiger charge is 2.13. The van der Waals surface area contributed by atoms with Crippen molar-refractivity contribution in [3.05, 3.63) is 47.1 Å². The molecule has 0 aliphatic rings. The van der Waals surface area contributed by atoms with Crippen molar-refractivity contribution in [2.75, 3.05) is 0 Å². The molecule has 0 saturated heterocycles. The molecular weight excluding hydrogens is 272 g/mol. The van der Waals surface area contributed by atoms with Crippen LogP contribution in [-0.2, 0) is 6.54 Å². The summed E-state index contributed by atoms with van der Waals surface area (Å²) in [6.45, 7) is 2.23. The summed E-state index contributed by atoms with van der Waals surface area (Å²) in [6.07, 6.45) is 1.57. The van der Waals surface area contributed by atoms with E-state index in [1.54, 1.807) is 16.8 Å². The molecule has 0 aliphatic carbocycles. The highest BCUT2D eigenvalue weighted by molar-refractivity contribution is 6.31. The predicted molar refractivity (Wildman–Crippen MR) is 78.3 cm³/mol. The van der Waals surface area contributed by atoms with Gasteiger partial charge in [-0.3, -0.25) is 4.57 Å². The SMILES string of the molecule is Cc1ccc(-c2nc3cc(Cl)cnc3n2CC#N)cc1. The van der Waals surface area contributed by atoms with Crippen molar-refractivity contribution in [1.82, 2.24) is 14.5 Å². The quantitative estimate of drug-likeness (QED) is 0.722. The maximum Gasteiger partial charge on any atom is 0.161 e. The number of benzene rings is 1. The third-order valence-electron chi connectivity index (χ3n) is 3.09. The molecule has 2 heterocycles. The van der Waals surface area contributed by atoms with Gasteiger partial charge in [-0.15, -0.1) is 0 Å². The van der Waals surface area contributed by atoms with Crippen molar-refractivity contribution in [2.45, 2.75) is 13.5 Å². The number of imidazole rings is 1. The third-order valence-corrected chi connectivity index (χ3v) is 3.30. The normalized spacial score (nSPS) is 10.7. The van der Waals surface area contributed by atoms with Crippen LogP contribution in [0.4, 0.5) is 0 Å². The average molecular weight is 283 g/mol. The minimum atomic E-state index is 0.203. The van der Waals surface area contributed by atoms with Crippen LogP contribution in [0.3, 0.4) is 0 Å². The lowest BCUT2D eigenvalue weighted by Gasteiger charge is -2.04. The largest absolute Gasteiger partial charge is 0.295 e. The van der Waals surface area contributed by atoms with Crippen LogP contribution >= 0.6 is 11.6 Å². The van der Waals surface area contributed by atoms with Gasteiger partial charge in [-0.2, -0.15) is 5.26 Å². The minimum absolute atomic E-state index is 0.203. The molecule has 0 radical (unpaired) electrons. The Labute approximate surface area is 121 Å². The van der Waals surface area contributed by atoms with E-state index in [1.807, 2.05) is 31.2 Å². The molecule has 0 amide bonds. The lowest BCUT2D eigenvalue weighted by atomic mass is 10.1. The van der Waals surface area contributed by atoms with E-state index in [2.05, 4.69) is 16.0 Å². The number of aromatic nitrogens is 3. The molecule has 20 heavy (non-hydrogen) atoms. The molecule has 0 unspecified atom stereocenters. The van der Waals surface area contributed by atoms with Crippen molar-refractivity contribution in [1.29, 1.82) is 5.26 Å². The van der Waals surface area contributed by atoms with Gasteiger partial charge >= 0.3 is 0 Å². The first-order valence-corrected chi connectivity index (χ1v) is 6.52. The van der Waals surface area contributed by atoms with E-state index in [0.29, 0.717) is 16.2 Å². The van der Waals surface area contributed by atoms with Crippen molar-refractivity contribution in [2.24, 2.45) is 0 Å². The fourth-order valence-corrected chi connectivity index (χ4v) is 2.28. The monoisotopic (exact) mass is 282 g/mol. The van der Waals surface area contributed by atoms with Gasteiger partial charge < -0.3 is 0 Å². The van der Waals surface area contributed by atoms with E-state index in [0.717, 1.165) is 11.4 Å². The highest BCUT2D eigenvalue weighted by Crippen LogP contribution is 2.25. The lowest BCUT2D eigenvalue weighted by Crippen LogP contribution is -1.99. The van der Waals surface area contributed by atoms with Crippen molar-refractivity contribution in [3.8, 4) is 17.5 Å². The van der Waals surface area contributed by atoms with E-state index in [9.17, 15) is 0 Å². The van der Waals surface area contributed by atoms with Gasteiger partial charge in [-0.25, -0.2) is 9.97 Å². The second-order valence-electron chi connectivity index (χ2n) is 4.54. The van der Waals surface area contributed by atoms with Gasteiger partial charge in [-0.1, -0.05) is 41.4 Å². The molecule has 0 N–H and O–H groups in total. The fourth-order valence-electron chi connectivity index (χ4n) is 2.13. The van der Waals surface area contributed by atoms with Gasteiger partial charge in [0.15, 0.2) is 5.65 Å². The zero-order valence-electron chi connectivity index (χ0n) is 10.8. The van der Waals surface area contributed by atoms with E-state index in [1.165, 1.54) is 5.56 Å². The molecule has 4 nitrogen and oxygen atoms in total. The molecule has 0 atom stereocenters. The summed E-state index contributed by atoms with van der Waals surface area (Å²) in [6, 6.07) is 11.9.